The summed E-state index contributed by atoms with van der Waals surface area (Å²) in [4.78, 5) is 0. The zero-order valence-electron chi connectivity index (χ0n) is 16.8. The van der Waals surface area contributed by atoms with Crippen molar-refractivity contribution in [1.82, 2.24) is 0 Å². The van der Waals surface area contributed by atoms with Gasteiger partial charge in [-0.3, -0.25) is 0 Å². The van der Waals surface area contributed by atoms with Crippen LogP contribution in [0, 0.1) is 13.8 Å². The summed E-state index contributed by atoms with van der Waals surface area (Å²) in [6.45, 7) is 5.71. The van der Waals surface area contributed by atoms with E-state index in [1.807, 2.05) is 0 Å². The molecule has 2 nitrogen and oxygen atoms in total. The second kappa shape index (κ2) is 8.52. The lowest BCUT2D eigenvalue weighted by Crippen LogP contribution is -2.09. The maximum atomic E-state index is 6.14. The lowest BCUT2D eigenvalue weighted by Gasteiger charge is -2.25. The van der Waals surface area contributed by atoms with Gasteiger partial charge in [-0.25, -0.2) is 0 Å². The SMILES string of the molecule is Cc1c(OCCCCCc2ccccc2)cc2c(c1C)-c1ccccc1CO2. The van der Waals surface area contributed by atoms with E-state index in [1.54, 1.807) is 0 Å². The highest BCUT2D eigenvalue weighted by atomic mass is 16.5. The zero-order chi connectivity index (χ0) is 19.3. The fourth-order valence-corrected chi connectivity index (χ4v) is 3.94. The predicted molar refractivity (Wildman–Crippen MR) is 115 cm³/mol. The van der Waals surface area contributed by atoms with E-state index in [4.69, 9.17) is 9.47 Å². The van der Waals surface area contributed by atoms with Crippen LogP contribution < -0.4 is 9.47 Å². The highest BCUT2D eigenvalue weighted by molar-refractivity contribution is 5.80. The molecule has 1 heterocycles. The molecule has 3 aromatic carbocycles. The van der Waals surface area contributed by atoms with Crippen LogP contribution in [0.2, 0.25) is 0 Å². The largest absolute Gasteiger partial charge is 0.493 e. The van der Waals surface area contributed by atoms with Crippen molar-refractivity contribution in [3.8, 4) is 22.6 Å². The molecule has 0 aromatic heterocycles. The molecule has 3 aromatic rings. The molecule has 2 heteroatoms. The summed E-state index contributed by atoms with van der Waals surface area (Å²) >= 11 is 0. The molecule has 0 saturated heterocycles. The van der Waals surface area contributed by atoms with Crippen LogP contribution in [0.4, 0.5) is 0 Å². The van der Waals surface area contributed by atoms with Crippen molar-refractivity contribution in [3.05, 3.63) is 82.9 Å². The molecular weight excluding hydrogens is 344 g/mol. The molecule has 0 N–H and O–H groups in total. The summed E-state index contributed by atoms with van der Waals surface area (Å²) < 4.78 is 12.2. The van der Waals surface area contributed by atoms with Gasteiger partial charge in [0.25, 0.3) is 0 Å². The van der Waals surface area contributed by atoms with Gasteiger partial charge >= 0.3 is 0 Å². The third-order valence-corrected chi connectivity index (χ3v) is 5.70. The van der Waals surface area contributed by atoms with Crippen LogP contribution in [-0.4, -0.2) is 6.61 Å². The molecule has 0 unspecified atom stereocenters. The van der Waals surface area contributed by atoms with Gasteiger partial charge in [-0.2, -0.15) is 0 Å². The molecule has 4 rings (SSSR count). The third kappa shape index (κ3) is 3.91. The Balaban J connectivity index is 1.37. The number of aryl methyl sites for hydroxylation is 1. The van der Waals surface area contributed by atoms with E-state index in [9.17, 15) is 0 Å². The number of rotatable bonds is 7. The smallest absolute Gasteiger partial charge is 0.131 e. The molecule has 0 aliphatic carbocycles. The van der Waals surface area contributed by atoms with Crippen molar-refractivity contribution in [2.75, 3.05) is 6.61 Å². The Morgan fingerprint density at radius 2 is 1.64 bits per heavy atom. The maximum Gasteiger partial charge on any atom is 0.131 e. The molecular formula is C26H28O2. The number of benzene rings is 3. The molecule has 0 fully saturated rings. The molecule has 144 valence electrons. The van der Waals surface area contributed by atoms with Crippen molar-refractivity contribution in [3.63, 3.8) is 0 Å². The maximum absolute atomic E-state index is 6.14. The highest BCUT2D eigenvalue weighted by Crippen LogP contribution is 2.44. The second-order valence-electron chi connectivity index (χ2n) is 7.59. The van der Waals surface area contributed by atoms with Crippen LogP contribution in [0.25, 0.3) is 11.1 Å². The lowest BCUT2D eigenvalue weighted by molar-refractivity contribution is 0.286. The third-order valence-electron chi connectivity index (χ3n) is 5.70. The van der Waals surface area contributed by atoms with Crippen molar-refractivity contribution in [1.29, 1.82) is 0 Å². The summed E-state index contributed by atoms with van der Waals surface area (Å²) in [6.07, 6.45) is 4.61. The number of fused-ring (bicyclic) bond motifs is 3. The minimum Gasteiger partial charge on any atom is -0.493 e. The minimum atomic E-state index is 0.630. The van der Waals surface area contributed by atoms with Crippen LogP contribution in [0.1, 0.15) is 41.5 Å². The Morgan fingerprint density at radius 1 is 0.857 bits per heavy atom. The minimum absolute atomic E-state index is 0.630. The van der Waals surface area contributed by atoms with Crippen molar-refractivity contribution in [2.45, 2.75) is 46.1 Å². The number of hydrogen-bond donors (Lipinski definition) is 0. The van der Waals surface area contributed by atoms with E-state index in [1.165, 1.54) is 46.2 Å². The number of unbranched alkanes of at least 4 members (excludes halogenated alkanes) is 2. The summed E-state index contributed by atoms with van der Waals surface area (Å²) in [7, 11) is 0. The topological polar surface area (TPSA) is 18.5 Å². The van der Waals surface area contributed by atoms with Gasteiger partial charge in [-0.15, -0.1) is 0 Å². The first-order valence-electron chi connectivity index (χ1n) is 10.3. The van der Waals surface area contributed by atoms with Gasteiger partial charge < -0.3 is 9.47 Å². The van der Waals surface area contributed by atoms with Crippen LogP contribution in [0.15, 0.2) is 60.7 Å². The van der Waals surface area contributed by atoms with Crippen LogP contribution in [-0.2, 0) is 13.0 Å². The molecule has 0 bridgehead atoms. The van der Waals surface area contributed by atoms with Gasteiger partial charge in [-0.05, 0) is 67.3 Å². The Bertz CT molecular complexity index is 944. The molecule has 1 aliphatic heterocycles. The fraction of sp³-hybridized carbons (Fsp3) is 0.308. The van der Waals surface area contributed by atoms with Crippen LogP contribution >= 0.6 is 0 Å². The molecule has 0 saturated carbocycles. The predicted octanol–water partition coefficient (Wildman–Crippen LogP) is 6.65. The summed E-state index contributed by atoms with van der Waals surface area (Å²) in [5.41, 5.74) is 7.64. The van der Waals surface area contributed by atoms with Gasteiger partial charge in [-0.1, -0.05) is 54.6 Å². The number of hydrogen-bond acceptors (Lipinski definition) is 2. The normalized spacial score (nSPS) is 12.1. The Hall–Kier alpha value is -2.74. The second-order valence-corrected chi connectivity index (χ2v) is 7.59. The highest BCUT2D eigenvalue weighted by Gasteiger charge is 2.22. The summed E-state index contributed by atoms with van der Waals surface area (Å²) in [5.74, 6) is 1.90. The Morgan fingerprint density at radius 3 is 2.50 bits per heavy atom. The quantitative estimate of drug-likeness (QED) is 0.432. The van der Waals surface area contributed by atoms with Crippen molar-refractivity contribution >= 4 is 0 Å². The lowest BCUT2D eigenvalue weighted by atomic mass is 9.91. The first-order chi connectivity index (χ1) is 13.7. The fourth-order valence-electron chi connectivity index (χ4n) is 3.94. The summed E-state index contributed by atoms with van der Waals surface area (Å²) in [5, 5.41) is 0. The van der Waals surface area contributed by atoms with Gasteiger partial charge in [0, 0.05) is 11.6 Å². The van der Waals surface area contributed by atoms with E-state index >= 15 is 0 Å². The van der Waals surface area contributed by atoms with Crippen LogP contribution in [0.3, 0.4) is 0 Å². The summed E-state index contributed by atoms with van der Waals surface area (Å²) in [6, 6.07) is 21.3. The first-order valence-corrected chi connectivity index (χ1v) is 10.3. The molecule has 0 radical (unpaired) electrons. The molecule has 0 atom stereocenters. The van der Waals surface area contributed by atoms with Gasteiger partial charge in [0.05, 0.1) is 6.61 Å². The molecule has 1 aliphatic rings. The monoisotopic (exact) mass is 372 g/mol. The standard InChI is InChI=1S/C26H28O2/c1-19-20(2)26-23-15-9-8-14-22(23)18-28-25(26)17-24(19)27-16-10-4-7-13-21-11-5-3-6-12-21/h3,5-6,8-9,11-12,14-15,17H,4,7,10,13,16,18H2,1-2H3. The van der Waals surface area contributed by atoms with E-state index in [-0.39, 0.29) is 0 Å². The van der Waals surface area contributed by atoms with Crippen molar-refractivity contribution < 1.29 is 9.47 Å². The Kier molecular flexibility index (Phi) is 5.66. The first kappa shape index (κ1) is 18.6. The van der Waals surface area contributed by atoms with Gasteiger partial charge in [0.15, 0.2) is 0 Å². The average Bonchev–Trinajstić information content (AvgIpc) is 2.74. The van der Waals surface area contributed by atoms with Crippen molar-refractivity contribution in [2.24, 2.45) is 0 Å². The van der Waals surface area contributed by atoms with Crippen LogP contribution in [0.5, 0.6) is 11.5 Å². The molecule has 28 heavy (non-hydrogen) atoms. The van der Waals surface area contributed by atoms with E-state index in [0.717, 1.165) is 30.9 Å². The average molecular weight is 373 g/mol. The van der Waals surface area contributed by atoms with E-state index in [2.05, 4.69) is 74.5 Å². The van der Waals surface area contributed by atoms with E-state index in [0.29, 0.717) is 6.61 Å². The zero-order valence-corrected chi connectivity index (χ0v) is 16.8. The number of ether oxygens (including phenoxy) is 2. The molecule has 0 spiro atoms. The van der Waals surface area contributed by atoms with E-state index < -0.39 is 0 Å². The Labute approximate surface area is 168 Å². The molecule has 0 amide bonds. The van der Waals surface area contributed by atoms with Gasteiger partial charge in [0.2, 0.25) is 0 Å². The van der Waals surface area contributed by atoms with Gasteiger partial charge in [0.1, 0.15) is 18.1 Å².